The van der Waals surface area contributed by atoms with Crippen molar-refractivity contribution in [2.45, 2.75) is 104 Å². The Balaban J connectivity index is 2.45. The number of fused-ring (bicyclic) bond motifs is 1. The van der Waals surface area contributed by atoms with E-state index < -0.39 is 65.8 Å². The van der Waals surface area contributed by atoms with E-state index in [0.717, 1.165) is 0 Å². The maximum atomic E-state index is 13.5. The van der Waals surface area contributed by atoms with Gasteiger partial charge in [0.15, 0.2) is 6.10 Å². The lowest BCUT2D eigenvalue weighted by molar-refractivity contribution is -0.162. The first-order valence-corrected chi connectivity index (χ1v) is 14.3. The van der Waals surface area contributed by atoms with Crippen LogP contribution in [0.25, 0.3) is 0 Å². The van der Waals surface area contributed by atoms with Gasteiger partial charge in [-0.25, -0.2) is 0 Å². The van der Waals surface area contributed by atoms with Crippen molar-refractivity contribution < 1.29 is 33.5 Å². The highest BCUT2D eigenvalue weighted by atomic mass is 16.5. The standard InChI is InChI=1S/C28H47N5O7/c1-15(2)14-20-27(38)33-13-9-10-19(33)25(36)30-22(16(3)4)26(37)31-23(17(5)6)28(39)32(8)18(7)24(35)29-12-11-21(34)40-20/h15-20,22-23H,9-14H2,1-8H3,(H,29,35)(H,30,36)(H,31,37). The fourth-order valence-corrected chi connectivity index (χ4v) is 4.90. The van der Waals surface area contributed by atoms with Crippen molar-refractivity contribution in [3.05, 3.63) is 0 Å². The van der Waals surface area contributed by atoms with Crippen LogP contribution in [-0.4, -0.2) is 95.7 Å². The maximum absolute atomic E-state index is 13.5. The molecule has 0 radical (unpaired) electrons. The van der Waals surface area contributed by atoms with Crippen LogP contribution >= 0.6 is 0 Å². The smallest absolute Gasteiger partial charge is 0.308 e. The van der Waals surface area contributed by atoms with Gasteiger partial charge in [0.2, 0.25) is 23.6 Å². The molecule has 12 heteroatoms. The second-order valence-electron chi connectivity index (χ2n) is 11.9. The van der Waals surface area contributed by atoms with Crippen LogP contribution in [0.3, 0.4) is 0 Å². The minimum absolute atomic E-state index is 0.0368. The fourth-order valence-electron chi connectivity index (χ4n) is 4.90. The summed E-state index contributed by atoms with van der Waals surface area (Å²) in [6.07, 6.45) is 0.0406. The molecular weight excluding hydrogens is 518 g/mol. The van der Waals surface area contributed by atoms with Gasteiger partial charge in [0.1, 0.15) is 24.2 Å². The van der Waals surface area contributed by atoms with Gasteiger partial charge in [0.25, 0.3) is 5.91 Å². The number of rotatable bonds is 4. The van der Waals surface area contributed by atoms with Crippen molar-refractivity contribution in [1.29, 1.82) is 0 Å². The van der Waals surface area contributed by atoms with Gasteiger partial charge in [-0.1, -0.05) is 41.5 Å². The lowest BCUT2D eigenvalue weighted by Gasteiger charge is -2.33. The molecule has 2 aliphatic rings. The average Bonchev–Trinajstić information content (AvgIpc) is 3.36. The number of hydrogen-bond acceptors (Lipinski definition) is 7. The van der Waals surface area contributed by atoms with Crippen LogP contribution < -0.4 is 16.0 Å². The van der Waals surface area contributed by atoms with Crippen LogP contribution in [0.5, 0.6) is 0 Å². The third kappa shape index (κ3) is 8.41. The zero-order valence-corrected chi connectivity index (χ0v) is 25.1. The SMILES string of the molecule is CC(C)CC1OC(=O)CCNC(=O)C(C)N(C)C(=O)C(C(C)C)NC(=O)C(C(C)C)NC(=O)C2CCCN2C1=O. The predicted molar refractivity (Wildman–Crippen MR) is 147 cm³/mol. The second kappa shape index (κ2) is 14.5. The van der Waals surface area contributed by atoms with Crippen molar-refractivity contribution in [3.8, 4) is 0 Å². The van der Waals surface area contributed by atoms with E-state index in [-0.39, 0.29) is 37.1 Å². The summed E-state index contributed by atoms with van der Waals surface area (Å²) in [6, 6.07) is -3.60. The summed E-state index contributed by atoms with van der Waals surface area (Å²) in [5.74, 6) is -3.61. The minimum Gasteiger partial charge on any atom is -0.452 e. The Bertz CT molecular complexity index is 967. The molecule has 2 fully saturated rings. The van der Waals surface area contributed by atoms with Gasteiger partial charge in [-0.2, -0.15) is 0 Å². The Kier molecular flexibility index (Phi) is 11.9. The van der Waals surface area contributed by atoms with Gasteiger partial charge >= 0.3 is 5.97 Å². The molecule has 0 aromatic heterocycles. The fraction of sp³-hybridized carbons (Fsp3) is 0.786. The van der Waals surface area contributed by atoms with Gasteiger partial charge in [-0.05, 0) is 43.9 Å². The average molecular weight is 566 g/mol. The summed E-state index contributed by atoms with van der Waals surface area (Å²) < 4.78 is 5.56. The Morgan fingerprint density at radius 3 is 2.02 bits per heavy atom. The lowest BCUT2D eigenvalue weighted by atomic mass is 9.98. The van der Waals surface area contributed by atoms with Crippen LogP contribution in [-0.2, 0) is 33.5 Å². The first-order valence-electron chi connectivity index (χ1n) is 14.3. The number of carbonyl (C=O) groups excluding carboxylic acids is 6. The molecule has 0 saturated carbocycles. The molecule has 0 aliphatic carbocycles. The highest BCUT2D eigenvalue weighted by molar-refractivity contribution is 5.96. The van der Waals surface area contributed by atoms with Crippen molar-refractivity contribution in [2.24, 2.45) is 17.8 Å². The largest absolute Gasteiger partial charge is 0.452 e. The van der Waals surface area contributed by atoms with Gasteiger partial charge in [0, 0.05) is 20.1 Å². The van der Waals surface area contributed by atoms with Crippen LogP contribution in [0.4, 0.5) is 0 Å². The molecule has 5 atom stereocenters. The first kappa shape index (κ1) is 33.0. The van der Waals surface area contributed by atoms with Crippen molar-refractivity contribution in [1.82, 2.24) is 25.8 Å². The second-order valence-corrected chi connectivity index (χ2v) is 11.9. The highest BCUT2D eigenvalue weighted by Crippen LogP contribution is 2.23. The molecule has 40 heavy (non-hydrogen) atoms. The number of amides is 5. The van der Waals surface area contributed by atoms with E-state index in [1.54, 1.807) is 34.6 Å². The number of hydrogen-bond donors (Lipinski definition) is 3. The zero-order valence-electron chi connectivity index (χ0n) is 25.1. The number of likely N-dealkylation sites (N-methyl/N-ethyl adjacent to an activating group) is 1. The lowest BCUT2D eigenvalue weighted by Crippen LogP contribution is -2.60. The third-order valence-electron chi connectivity index (χ3n) is 7.49. The van der Waals surface area contributed by atoms with E-state index in [9.17, 15) is 28.8 Å². The molecule has 2 heterocycles. The molecule has 0 bridgehead atoms. The van der Waals surface area contributed by atoms with E-state index in [0.29, 0.717) is 19.4 Å². The highest BCUT2D eigenvalue weighted by Gasteiger charge is 2.41. The van der Waals surface area contributed by atoms with Crippen LogP contribution in [0, 0.1) is 17.8 Å². The number of esters is 1. The summed E-state index contributed by atoms with van der Waals surface area (Å²) in [5.41, 5.74) is 0. The normalized spacial score (nSPS) is 28.5. The van der Waals surface area contributed by atoms with Gasteiger partial charge in [0.05, 0.1) is 6.42 Å². The number of carbonyl (C=O) groups is 6. The van der Waals surface area contributed by atoms with Crippen molar-refractivity contribution in [3.63, 3.8) is 0 Å². The third-order valence-corrected chi connectivity index (χ3v) is 7.49. The molecule has 2 aliphatic heterocycles. The van der Waals surface area contributed by atoms with Crippen molar-refractivity contribution in [2.75, 3.05) is 20.1 Å². The van der Waals surface area contributed by atoms with E-state index in [1.807, 2.05) is 13.8 Å². The molecule has 226 valence electrons. The summed E-state index contributed by atoms with van der Waals surface area (Å²) in [5, 5.41) is 8.22. The summed E-state index contributed by atoms with van der Waals surface area (Å²) in [7, 11) is 1.48. The Hall–Kier alpha value is -3.18. The zero-order chi connectivity index (χ0) is 30.3. The minimum atomic E-state index is -1.07. The molecule has 5 unspecified atom stereocenters. The summed E-state index contributed by atoms with van der Waals surface area (Å²) in [6.45, 7) is 12.8. The molecule has 0 aromatic carbocycles. The van der Waals surface area contributed by atoms with Crippen molar-refractivity contribution >= 4 is 35.5 Å². The van der Waals surface area contributed by atoms with E-state index in [2.05, 4.69) is 16.0 Å². The van der Waals surface area contributed by atoms with E-state index >= 15 is 0 Å². The van der Waals surface area contributed by atoms with Crippen LogP contribution in [0.2, 0.25) is 0 Å². The Morgan fingerprint density at radius 1 is 0.850 bits per heavy atom. The molecule has 0 aromatic rings. The molecule has 12 nitrogen and oxygen atoms in total. The molecule has 3 N–H and O–H groups in total. The topological polar surface area (TPSA) is 154 Å². The number of cyclic esters (lactones) is 1. The van der Waals surface area contributed by atoms with E-state index in [1.165, 1.54) is 16.8 Å². The molecule has 5 amide bonds. The quantitative estimate of drug-likeness (QED) is 0.422. The first-order chi connectivity index (χ1) is 18.6. The van der Waals surface area contributed by atoms with Crippen LogP contribution in [0.1, 0.15) is 74.1 Å². The molecule has 2 saturated heterocycles. The summed E-state index contributed by atoms with van der Waals surface area (Å²) >= 11 is 0. The Morgan fingerprint density at radius 2 is 1.45 bits per heavy atom. The van der Waals surface area contributed by atoms with Crippen LogP contribution in [0.15, 0.2) is 0 Å². The van der Waals surface area contributed by atoms with Gasteiger partial charge < -0.3 is 30.5 Å². The number of nitrogens with one attached hydrogen (secondary N) is 3. The van der Waals surface area contributed by atoms with Gasteiger partial charge in [-0.15, -0.1) is 0 Å². The number of ether oxygens (including phenoxy) is 1. The van der Waals surface area contributed by atoms with E-state index in [4.69, 9.17) is 4.74 Å². The Labute approximate surface area is 237 Å². The molecular formula is C28H47N5O7. The maximum Gasteiger partial charge on any atom is 0.308 e. The summed E-state index contributed by atoms with van der Waals surface area (Å²) in [4.78, 5) is 81.8. The molecule has 0 spiro atoms. The monoisotopic (exact) mass is 565 g/mol. The van der Waals surface area contributed by atoms with Gasteiger partial charge in [-0.3, -0.25) is 28.8 Å². The number of nitrogens with zero attached hydrogens (tertiary/aromatic N) is 2. The predicted octanol–water partition coefficient (Wildman–Crippen LogP) is 0.584. The molecule has 2 rings (SSSR count).